The van der Waals surface area contributed by atoms with Crippen molar-refractivity contribution in [3.8, 4) is 23.0 Å². The molecule has 2 rings (SSSR count). The summed E-state index contributed by atoms with van der Waals surface area (Å²) in [6.45, 7) is 4.81. The molecule has 0 saturated carbocycles. The summed E-state index contributed by atoms with van der Waals surface area (Å²) in [4.78, 5) is 24.6. The van der Waals surface area contributed by atoms with Gasteiger partial charge in [-0.15, -0.1) is 0 Å². The van der Waals surface area contributed by atoms with Gasteiger partial charge in [0, 0.05) is 18.1 Å². The lowest BCUT2D eigenvalue weighted by Gasteiger charge is -2.13. The van der Waals surface area contributed by atoms with Crippen molar-refractivity contribution in [3.05, 3.63) is 47.5 Å². The van der Waals surface area contributed by atoms with Gasteiger partial charge in [-0.25, -0.2) is 0 Å². The van der Waals surface area contributed by atoms with Gasteiger partial charge in [-0.3, -0.25) is 20.4 Å². The Morgan fingerprint density at radius 2 is 1.56 bits per heavy atom. The average Bonchev–Trinajstić information content (AvgIpc) is 2.80. The largest absolute Gasteiger partial charge is 0.497 e. The van der Waals surface area contributed by atoms with Crippen LogP contribution in [0.2, 0.25) is 0 Å². The van der Waals surface area contributed by atoms with Gasteiger partial charge in [0.25, 0.3) is 5.91 Å². The number of aryl methyl sites for hydroxylation is 1. The number of amides is 2. The summed E-state index contributed by atoms with van der Waals surface area (Å²) in [6, 6.07) is 10.3. The first-order valence-corrected chi connectivity index (χ1v) is 10.5. The zero-order chi connectivity index (χ0) is 23.5. The zero-order valence-electron chi connectivity index (χ0n) is 19.3. The minimum absolute atomic E-state index is 0.183. The molecule has 0 unspecified atom stereocenters. The maximum atomic E-state index is 12.4. The minimum Gasteiger partial charge on any atom is -0.497 e. The number of methoxy groups -OCH3 is 3. The highest BCUT2D eigenvalue weighted by Crippen LogP contribution is 2.28. The van der Waals surface area contributed by atoms with Crippen LogP contribution < -0.4 is 29.8 Å². The summed E-state index contributed by atoms with van der Waals surface area (Å²) < 4.78 is 21.5. The maximum Gasteiger partial charge on any atom is 0.269 e. The van der Waals surface area contributed by atoms with E-state index in [0.29, 0.717) is 47.5 Å². The van der Waals surface area contributed by atoms with E-state index in [1.54, 1.807) is 38.5 Å². The third-order valence-corrected chi connectivity index (χ3v) is 4.75. The highest BCUT2D eigenvalue weighted by atomic mass is 16.5. The number of benzene rings is 2. The third kappa shape index (κ3) is 7.68. The van der Waals surface area contributed by atoms with Gasteiger partial charge >= 0.3 is 0 Å². The van der Waals surface area contributed by atoms with Crippen molar-refractivity contribution in [2.45, 2.75) is 33.1 Å². The summed E-state index contributed by atoms with van der Waals surface area (Å²) in [5.74, 6) is 2.09. The van der Waals surface area contributed by atoms with E-state index in [0.717, 1.165) is 12.0 Å². The Bertz CT molecular complexity index is 891. The lowest BCUT2D eigenvalue weighted by atomic mass is 10.1. The molecule has 8 heteroatoms. The SMILES string of the molecule is COc1cc(CCC(=O)NNC(=O)c2ccc(OCCC(C)C)c(OC)c2)cc(OC)c1. The molecular weight excluding hydrogens is 412 g/mol. The molecule has 32 heavy (non-hydrogen) atoms. The van der Waals surface area contributed by atoms with E-state index in [1.807, 2.05) is 12.1 Å². The first kappa shape index (κ1) is 24.8. The van der Waals surface area contributed by atoms with Crippen molar-refractivity contribution in [1.82, 2.24) is 10.9 Å². The Balaban J connectivity index is 1.88. The molecule has 0 aliphatic rings. The number of nitrogens with one attached hydrogen (secondary N) is 2. The van der Waals surface area contributed by atoms with Crippen molar-refractivity contribution in [1.29, 1.82) is 0 Å². The fraction of sp³-hybridized carbons (Fsp3) is 0.417. The second kappa shape index (κ2) is 12.4. The molecule has 2 aromatic carbocycles. The van der Waals surface area contributed by atoms with E-state index < -0.39 is 5.91 Å². The molecule has 0 bridgehead atoms. The Hall–Kier alpha value is -3.42. The van der Waals surface area contributed by atoms with Gasteiger partial charge in [-0.05, 0) is 54.7 Å². The summed E-state index contributed by atoms with van der Waals surface area (Å²) in [6.07, 6.45) is 1.56. The van der Waals surface area contributed by atoms with Gasteiger partial charge in [-0.1, -0.05) is 13.8 Å². The summed E-state index contributed by atoms with van der Waals surface area (Å²) in [5, 5.41) is 0. The van der Waals surface area contributed by atoms with Crippen LogP contribution in [0.3, 0.4) is 0 Å². The number of ether oxygens (including phenoxy) is 4. The van der Waals surface area contributed by atoms with Crippen LogP contribution in [0.15, 0.2) is 36.4 Å². The van der Waals surface area contributed by atoms with E-state index in [9.17, 15) is 9.59 Å². The normalized spacial score (nSPS) is 10.4. The first-order valence-electron chi connectivity index (χ1n) is 10.5. The quantitative estimate of drug-likeness (QED) is 0.515. The number of hydrogen-bond acceptors (Lipinski definition) is 6. The summed E-state index contributed by atoms with van der Waals surface area (Å²) >= 11 is 0. The molecule has 0 heterocycles. The number of rotatable bonds is 11. The number of carbonyl (C=O) groups excluding carboxylic acids is 2. The second-order valence-corrected chi connectivity index (χ2v) is 7.62. The van der Waals surface area contributed by atoms with Gasteiger partial charge in [-0.2, -0.15) is 0 Å². The van der Waals surface area contributed by atoms with Crippen molar-refractivity contribution < 1.29 is 28.5 Å². The molecule has 0 spiro atoms. The molecule has 2 amide bonds. The van der Waals surface area contributed by atoms with Crippen LogP contribution in [0.25, 0.3) is 0 Å². The minimum atomic E-state index is -0.451. The summed E-state index contributed by atoms with van der Waals surface area (Å²) in [5.41, 5.74) is 6.09. The van der Waals surface area contributed by atoms with E-state index in [1.165, 1.54) is 7.11 Å². The molecule has 2 aromatic rings. The predicted molar refractivity (Wildman–Crippen MR) is 121 cm³/mol. The summed E-state index contributed by atoms with van der Waals surface area (Å²) in [7, 11) is 4.65. The van der Waals surface area contributed by atoms with Crippen molar-refractivity contribution in [3.63, 3.8) is 0 Å². The first-order chi connectivity index (χ1) is 15.4. The highest BCUT2D eigenvalue weighted by molar-refractivity contribution is 5.96. The smallest absolute Gasteiger partial charge is 0.269 e. The van der Waals surface area contributed by atoms with Gasteiger partial charge in [0.15, 0.2) is 11.5 Å². The van der Waals surface area contributed by atoms with Crippen molar-refractivity contribution >= 4 is 11.8 Å². The fourth-order valence-electron chi connectivity index (χ4n) is 2.86. The second-order valence-electron chi connectivity index (χ2n) is 7.62. The average molecular weight is 445 g/mol. The van der Waals surface area contributed by atoms with Crippen LogP contribution in [-0.2, 0) is 11.2 Å². The molecule has 0 saturated heterocycles. The zero-order valence-corrected chi connectivity index (χ0v) is 19.3. The Labute approximate surface area is 189 Å². The van der Waals surface area contributed by atoms with Crippen LogP contribution in [0.4, 0.5) is 0 Å². The Morgan fingerprint density at radius 1 is 0.875 bits per heavy atom. The Kier molecular flexibility index (Phi) is 9.66. The van der Waals surface area contributed by atoms with Crippen LogP contribution in [0.1, 0.15) is 42.6 Å². The molecule has 2 N–H and O–H groups in total. The molecule has 0 atom stereocenters. The number of hydrazine groups is 1. The van der Waals surface area contributed by atoms with Gasteiger partial charge < -0.3 is 18.9 Å². The van der Waals surface area contributed by atoms with E-state index in [4.69, 9.17) is 18.9 Å². The molecule has 0 aliphatic carbocycles. The molecule has 0 aliphatic heterocycles. The standard InChI is InChI=1S/C24H32N2O6/c1-16(2)10-11-32-21-8-7-18(14-22(21)31-5)24(28)26-25-23(27)9-6-17-12-19(29-3)15-20(13-17)30-4/h7-8,12-16H,6,9-11H2,1-5H3,(H,25,27)(H,26,28). The number of hydrogen-bond donors (Lipinski definition) is 2. The van der Waals surface area contributed by atoms with Gasteiger partial charge in [0.2, 0.25) is 5.91 Å². The topological polar surface area (TPSA) is 95.1 Å². The molecule has 0 fully saturated rings. The lowest BCUT2D eigenvalue weighted by Crippen LogP contribution is -2.41. The van der Waals surface area contributed by atoms with Crippen LogP contribution in [0, 0.1) is 5.92 Å². The molecule has 0 aromatic heterocycles. The van der Waals surface area contributed by atoms with E-state index >= 15 is 0 Å². The van der Waals surface area contributed by atoms with Crippen molar-refractivity contribution in [2.24, 2.45) is 5.92 Å². The molecular formula is C24H32N2O6. The van der Waals surface area contributed by atoms with Crippen LogP contribution in [-0.4, -0.2) is 39.8 Å². The Morgan fingerprint density at radius 3 is 2.16 bits per heavy atom. The highest BCUT2D eigenvalue weighted by Gasteiger charge is 2.13. The fourth-order valence-corrected chi connectivity index (χ4v) is 2.86. The van der Waals surface area contributed by atoms with Gasteiger partial charge in [0.1, 0.15) is 11.5 Å². The predicted octanol–water partition coefficient (Wildman–Crippen LogP) is 3.53. The van der Waals surface area contributed by atoms with Crippen LogP contribution >= 0.6 is 0 Å². The lowest BCUT2D eigenvalue weighted by molar-refractivity contribution is -0.121. The monoisotopic (exact) mass is 444 g/mol. The van der Waals surface area contributed by atoms with Crippen molar-refractivity contribution in [2.75, 3.05) is 27.9 Å². The molecule has 8 nitrogen and oxygen atoms in total. The van der Waals surface area contributed by atoms with Crippen LogP contribution in [0.5, 0.6) is 23.0 Å². The third-order valence-electron chi connectivity index (χ3n) is 4.75. The van der Waals surface area contributed by atoms with E-state index in [-0.39, 0.29) is 12.3 Å². The maximum absolute atomic E-state index is 12.4. The van der Waals surface area contributed by atoms with E-state index in [2.05, 4.69) is 24.7 Å². The number of carbonyl (C=O) groups is 2. The molecule has 174 valence electrons. The van der Waals surface area contributed by atoms with Gasteiger partial charge in [0.05, 0.1) is 27.9 Å². The molecule has 0 radical (unpaired) electrons.